The summed E-state index contributed by atoms with van der Waals surface area (Å²) in [5.41, 5.74) is 3.06. The Morgan fingerprint density at radius 1 is 0.848 bits per heavy atom. The van der Waals surface area contributed by atoms with Crippen molar-refractivity contribution in [2.24, 2.45) is 0 Å². The van der Waals surface area contributed by atoms with Gasteiger partial charge in [-0.1, -0.05) is 83.4 Å². The van der Waals surface area contributed by atoms with Gasteiger partial charge in [0.1, 0.15) is 12.4 Å². The number of benzene rings is 5. The molecule has 0 radical (unpaired) electrons. The maximum atomic E-state index is 13.2. The Kier molecular flexibility index (Phi) is 8.87. The summed E-state index contributed by atoms with van der Waals surface area (Å²) < 4.78 is 6.44. The van der Waals surface area contributed by atoms with E-state index >= 15 is 0 Å². The first kappa shape index (κ1) is 29.9. The summed E-state index contributed by atoms with van der Waals surface area (Å²) in [6, 6.07) is 35.1. The molecule has 10 heteroatoms. The number of aromatic amines is 1. The first-order chi connectivity index (χ1) is 22.6. The molecule has 46 heavy (non-hydrogen) atoms. The highest BCUT2D eigenvalue weighted by Gasteiger charge is 2.25. The van der Waals surface area contributed by atoms with Gasteiger partial charge in [0.15, 0.2) is 0 Å². The molecule has 2 heterocycles. The van der Waals surface area contributed by atoms with Crippen LogP contribution in [0.2, 0.25) is 5.02 Å². The molecule has 1 aliphatic heterocycles. The highest BCUT2D eigenvalue weighted by molar-refractivity contribution is 6.30. The summed E-state index contributed by atoms with van der Waals surface area (Å²) in [4.78, 5) is 18.3. The summed E-state index contributed by atoms with van der Waals surface area (Å²) in [5.74, 6) is 0.646. The molecule has 1 unspecified atom stereocenters. The van der Waals surface area contributed by atoms with E-state index in [0.717, 1.165) is 71.5 Å². The normalized spacial score (nSPS) is 15.1. The van der Waals surface area contributed by atoms with Crippen LogP contribution in [0.4, 0.5) is 5.95 Å². The van der Waals surface area contributed by atoms with E-state index in [1.54, 1.807) is 6.07 Å². The first-order valence-corrected chi connectivity index (χ1v) is 15.9. The molecular weight excluding hydrogens is 598 g/mol. The predicted molar refractivity (Wildman–Crippen MR) is 181 cm³/mol. The molecule has 232 valence electrons. The van der Waals surface area contributed by atoms with Crippen LogP contribution in [0, 0.1) is 0 Å². The van der Waals surface area contributed by atoms with Crippen LogP contribution in [-0.4, -0.2) is 75.7 Å². The van der Waals surface area contributed by atoms with Crippen molar-refractivity contribution >= 4 is 45.0 Å². The van der Waals surface area contributed by atoms with Gasteiger partial charge in [-0.25, -0.2) is 5.10 Å². The fourth-order valence-corrected chi connectivity index (χ4v) is 6.49. The molecule has 7 rings (SSSR count). The van der Waals surface area contributed by atoms with E-state index in [4.69, 9.17) is 16.3 Å². The number of carbonyl (C=O) groups excluding carboxylic acids is 1. The lowest BCUT2D eigenvalue weighted by molar-refractivity contribution is 0.102. The van der Waals surface area contributed by atoms with Crippen LogP contribution in [0.25, 0.3) is 21.5 Å². The van der Waals surface area contributed by atoms with Crippen molar-refractivity contribution in [2.75, 3.05) is 44.6 Å². The number of halogens is 1. The number of nitrogens with one attached hydrogen (secondary N) is 2. The molecule has 2 N–H and O–H groups in total. The van der Waals surface area contributed by atoms with Crippen LogP contribution in [0.5, 0.6) is 5.75 Å². The third-order valence-corrected chi connectivity index (χ3v) is 8.87. The van der Waals surface area contributed by atoms with E-state index in [9.17, 15) is 4.79 Å². The zero-order valence-electron chi connectivity index (χ0n) is 25.3. The highest BCUT2D eigenvalue weighted by atomic mass is 35.5. The molecule has 1 amide bonds. The molecule has 0 saturated carbocycles. The minimum absolute atomic E-state index is 0.173. The number of carbonyl (C=O) groups is 1. The van der Waals surface area contributed by atoms with Crippen molar-refractivity contribution in [1.29, 1.82) is 0 Å². The SMILES string of the molecule is O=C(Nc1nnn[nH]1)c1ccc(OCCN2CCCN(C(c3ccccc3)c3ccc(Cl)cc3)CC2)c2cc3ccccc3cc12. The Morgan fingerprint density at radius 2 is 1.59 bits per heavy atom. The number of fused-ring (bicyclic) bond motifs is 2. The molecule has 1 atom stereocenters. The van der Waals surface area contributed by atoms with E-state index < -0.39 is 0 Å². The Hall–Kier alpha value is -4.83. The summed E-state index contributed by atoms with van der Waals surface area (Å²) in [7, 11) is 0. The number of aromatic nitrogens is 4. The van der Waals surface area contributed by atoms with Gasteiger partial charge in [-0.15, -0.1) is 0 Å². The maximum Gasteiger partial charge on any atom is 0.258 e. The Bertz CT molecular complexity index is 1930. The zero-order chi connectivity index (χ0) is 31.3. The molecule has 1 aromatic heterocycles. The van der Waals surface area contributed by atoms with Gasteiger partial charge in [0.2, 0.25) is 5.95 Å². The van der Waals surface area contributed by atoms with Crippen molar-refractivity contribution < 1.29 is 9.53 Å². The second kappa shape index (κ2) is 13.7. The molecule has 0 bridgehead atoms. The third-order valence-electron chi connectivity index (χ3n) is 8.62. The molecule has 1 fully saturated rings. The largest absolute Gasteiger partial charge is 0.492 e. The van der Waals surface area contributed by atoms with Crippen molar-refractivity contribution in [3.8, 4) is 5.75 Å². The van der Waals surface area contributed by atoms with Crippen molar-refractivity contribution in [2.45, 2.75) is 12.5 Å². The maximum absolute atomic E-state index is 13.2. The fourth-order valence-electron chi connectivity index (χ4n) is 6.37. The molecule has 9 nitrogen and oxygen atoms in total. The number of hydrogen-bond donors (Lipinski definition) is 2. The predicted octanol–water partition coefficient (Wildman–Crippen LogP) is 6.59. The summed E-state index contributed by atoms with van der Waals surface area (Å²) in [6.07, 6.45) is 1.07. The number of hydrogen-bond acceptors (Lipinski definition) is 7. The van der Waals surface area contributed by atoms with Crippen LogP contribution < -0.4 is 10.1 Å². The molecule has 5 aromatic carbocycles. The summed E-state index contributed by atoms with van der Waals surface area (Å²) in [5, 5.41) is 20.7. The van der Waals surface area contributed by atoms with Crippen LogP contribution in [-0.2, 0) is 0 Å². The number of amides is 1. The lowest BCUT2D eigenvalue weighted by Gasteiger charge is -2.31. The minimum atomic E-state index is -0.299. The molecule has 1 aliphatic rings. The highest BCUT2D eigenvalue weighted by Crippen LogP contribution is 2.34. The van der Waals surface area contributed by atoms with Crippen LogP contribution in [0.1, 0.15) is 33.9 Å². The average Bonchev–Trinajstić information content (AvgIpc) is 3.49. The quantitative estimate of drug-likeness (QED) is 0.174. The van der Waals surface area contributed by atoms with Gasteiger partial charge in [0.25, 0.3) is 5.91 Å². The summed E-state index contributed by atoms with van der Waals surface area (Å²) in [6.45, 7) is 5.24. The number of ether oxygens (including phenoxy) is 1. The van der Waals surface area contributed by atoms with Gasteiger partial charge in [-0.2, -0.15) is 0 Å². The molecule has 6 aromatic rings. The monoisotopic (exact) mass is 631 g/mol. The molecule has 0 spiro atoms. The average molecular weight is 632 g/mol. The van der Waals surface area contributed by atoms with Gasteiger partial charge in [0, 0.05) is 42.2 Å². The van der Waals surface area contributed by atoms with Crippen LogP contribution >= 0.6 is 11.6 Å². The lowest BCUT2D eigenvalue weighted by Crippen LogP contribution is -2.35. The van der Waals surface area contributed by atoms with E-state index in [0.29, 0.717) is 12.2 Å². The first-order valence-electron chi connectivity index (χ1n) is 15.5. The Morgan fingerprint density at radius 3 is 2.35 bits per heavy atom. The number of rotatable bonds is 9. The van der Waals surface area contributed by atoms with E-state index in [2.05, 4.69) is 90.3 Å². The number of tetrazole rings is 1. The molecular formula is C36H34ClN7O2. The van der Waals surface area contributed by atoms with Gasteiger partial charge in [-0.3, -0.25) is 19.9 Å². The third kappa shape index (κ3) is 6.57. The number of anilines is 1. The molecule has 0 aliphatic carbocycles. The lowest BCUT2D eigenvalue weighted by atomic mass is 9.97. The smallest absolute Gasteiger partial charge is 0.258 e. The minimum Gasteiger partial charge on any atom is -0.492 e. The molecule has 1 saturated heterocycles. The van der Waals surface area contributed by atoms with Crippen molar-refractivity contribution in [3.63, 3.8) is 0 Å². The Labute approximate surface area is 272 Å². The van der Waals surface area contributed by atoms with Gasteiger partial charge < -0.3 is 4.74 Å². The van der Waals surface area contributed by atoms with E-state index in [1.807, 2.05) is 42.5 Å². The second-order valence-electron chi connectivity index (χ2n) is 11.5. The van der Waals surface area contributed by atoms with Gasteiger partial charge >= 0.3 is 0 Å². The Balaban J connectivity index is 1.06. The van der Waals surface area contributed by atoms with E-state index in [-0.39, 0.29) is 17.9 Å². The summed E-state index contributed by atoms with van der Waals surface area (Å²) >= 11 is 6.23. The fraction of sp³-hybridized carbons (Fsp3) is 0.222. The standard InChI is InChI=1S/C36H34ClN7O2/c37-29-13-11-26(12-14-29)34(25-7-2-1-3-8-25)44-18-6-17-43(19-20-44)21-22-46-33-16-15-30(35(45)38-36-39-41-42-40-36)31-23-27-9-4-5-10-28(27)24-32(31)33/h1-5,7-16,23-24,34H,6,17-22H2,(H2,38,39,40,41,42,45). The second-order valence-corrected chi connectivity index (χ2v) is 11.9. The van der Waals surface area contributed by atoms with Crippen molar-refractivity contribution in [3.05, 3.63) is 125 Å². The van der Waals surface area contributed by atoms with Crippen LogP contribution in [0.15, 0.2) is 103 Å². The zero-order valence-corrected chi connectivity index (χ0v) is 26.0. The topological polar surface area (TPSA) is 99.3 Å². The number of nitrogens with zero attached hydrogens (tertiary/aromatic N) is 5. The van der Waals surface area contributed by atoms with Crippen molar-refractivity contribution in [1.82, 2.24) is 30.4 Å². The van der Waals surface area contributed by atoms with E-state index in [1.165, 1.54) is 11.1 Å². The van der Waals surface area contributed by atoms with Crippen LogP contribution in [0.3, 0.4) is 0 Å². The number of H-pyrrole nitrogens is 1. The van der Waals surface area contributed by atoms with Gasteiger partial charge in [0.05, 0.1) is 6.04 Å². The van der Waals surface area contributed by atoms with Gasteiger partial charge in [-0.05, 0) is 87.1 Å².